The van der Waals surface area contributed by atoms with Gasteiger partial charge in [0.2, 0.25) is 5.89 Å². The van der Waals surface area contributed by atoms with Gasteiger partial charge >= 0.3 is 6.03 Å². The van der Waals surface area contributed by atoms with Gasteiger partial charge < -0.3 is 19.5 Å². The highest BCUT2D eigenvalue weighted by Gasteiger charge is 2.25. The van der Waals surface area contributed by atoms with Crippen molar-refractivity contribution >= 4 is 11.7 Å². The van der Waals surface area contributed by atoms with E-state index in [1.807, 2.05) is 29.2 Å². The lowest BCUT2D eigenvalue weighted by Gasteiger charge is -2.32. The summed E-state index contributed by atoms with van der Waals surface area (Å²) in [7, 11) is 1.65. The molecular weight excluding hydrogens is 320 g/mol. The van der Waals surface area contributed by atoms with E-state index in [1.165, 1.54) is 0 Å². The number of hydrogen-bond donors (Lipinski definition) is 1. The molecule has 2 aromatic rings. The van der Waals surface area contributed by atoms with Gasteiger partial charge in [0, 0.05) is 44.8 Å². The number of benzene rings is 1. The highest BCUT2D eigenvalue weighted by molar-refractivity contribution is 5.90. The average molecular weight is 344 g/mol. The molecule has 2 amide bonds. The van der Waals surface area contributed by atoms with Crippen LogP contribution in [-0.4, -0.2) is 41.3 Å². The van der Waals surface area contributed by atoms with Crippen molar-refractivity contribution in [2.24, 2.45) is 5.92 Å². The zero-order chi connectivity index (χ0) is 17.6. The third-order valence-electron chi connectivity index (χ3n) is 4.41. The number of piperidine rings is 1. The largest absolute Gasteiger partial charge is 0.380 e. The van der Waals surface area contributed by atoms with Crippen LogP contribution in [0.3, 0.4) is 0 Å². The van der Waals surface area contributed by atoms with Crippen molar-refractivity contribution in [1.29, 1.82) is 0 Å². The van der Waals surface area contributed by atoms with Crippen molar-refractivity contribution < 1.29 is 14.1 Å². The van der Waals surface area contributed by atoms with Gasteiger partial charge in [-0.1, -0.05) is 23.4 Å². The van der Waals surface area contributed by atoms with Crippen LogP contribution in [0.25, 0.3) is 0 Å². The topological polar surface area (TPSA) is 80.5 Å². The molecule has 7 heteroatoms. The van der Waals surface area contributed by atoms with Crippen LogP contribution < -0.4 is 5.32 Å². The molecule has 1 atom stereocenters. The van der Waals surface area contributed by atoms with E-state index in [9.17, 15) is 4.79 Å². The third-order valence-corrected chi connectivity index (χ3v) is 4.41. The molecule has 0 bridgehead atoms. The van der Waals surface area contributed by atoms with E-state index >= 15 is 0 Å². The second-order valence-electron chi connectivity index (χ2n) is 6.41. The molecule has 3 rings (SSSR count). The first-order valence-corrected chi connectivity index (χ1v) is 8.57. The highest BCUT2D eigenvalue weighted by atomic mass is 16.5. The molecule has 0 aliphatic carbocycles. The van der Waals surface area contributed by atoms with E-state index in [4.69, 9.17) is 9.26 Å². The Balaban J connectivity index is 1.60. The fraction of sp³-hybridized carbons (Fsp3) is 0.500. The van der Waals surface area contributed by atoms with E-state index in [2.05, 4.69) is 15.5 Å². The summed E-state index contributed by atoms with van der Waals surface area (Å²) in [5.41, 5.74) is 1.76. The smallest absolute Gasteiger partial charge is 0.321 e. The summed E-state index contributed by atoms with van der Waals surface area (Å²) in [4.78, 5) is 18.8. The molecule has 1 saturated heterocycles. The Bertz CT molecular complexity index is 716. The fourth-order valence-electron chi connectivity index (χ4n) is 3.22. The van der Waals surface area contributed by atoms with Crippen LogP contribution in [0.15, 0.2) is 28.8 Å². The monoisotopic (exact) mass is 344 g/mol. The van der Waals surface area contributed by atoms with Gasteiger partial charge in [0.1, 0.15) is 0 Å². The maximum Gasteiger partial charge on any atom is 0.321 e. The number of carbonyl (C=O) groups excluding carboxylic acids is 1. The number of aromatic nitrogens is 2. The molecule has 0 spiro atoms. The van der Waals surface area contributed by atoms with Gasteiger partial charge in [-0.2, -0.15) is 4.98 Å². The van der Waals surface area contributed by atoms with E-state index in [-0.39, 0.29) is 6.03 Å². The molecule has 25 heavy (non-hydrogen) atoms. The molecule has 1 fully saturated rings. The Kier molecular flexibility index (Phi) is 5.65. The molecule has 0 radical (unpaired) electrons. The number of likely N-dealkylation sites (tertiary alicyclic amines) is 1. The highest BCUT2D eigenvalue weighted by Crippen LogP contribution is 2.22. The number of rotatable bonds is 5. The summed E-state index contributed by atoms with van der Waals surface area (Å²) < 4.78 is 10.2. The molecule has 2 heterocycles. The van der Waals surface area contributed by atoms with Crippen LogP contribution in [0, 0.1) is 12.8 Å². The zero-order valence-electron chi connectivity index (χ0n) is 14.7. The number of nitrogens with one attached hydrogen (secondary N) is 1. The van der Waals surface area contributed by atoms with Crippen LogP contribution in [0.5, 0.6) is 0 Å². The minimum absolute atomic E-state index is 0.0717. The molecule has 1 aromatic heterocycles. The van der Waals surface area contributed by atoms with Crippen molar-refractivity contribution in [1.82, 2.24) is 15.0 Å². The fourth-order valence-corrected chi connectivity index (χ4v) is 3.22. The first-order valence-electron chi connectivity index (χ1n) is 8.57. The number of carbonyl (C=O) groups is 1. The summed E-state index contributed by atoms with van der Waals surface area (Å²) in [6.07, 6.45) is 2.79. The lowest BCUT2D eigenvalue weighted by Crippen LogP contribution is -2.43. The summed E-state index contributed by atoms with van der Waals surface area (Å²) >= 11 is 0. The van der Waals surface area contributed by atoms with E-state index in [1.54, 1.807) is 14.0 Å². The number of amides is 2. The van der Waals surface area contributed by atoms with Crippen molar-refractivity contribution in [3.05, 3.63) is 41.5 Å². The van der Waals surface area contributed by atoms with Gasteiger partial charge in [-0.15, -0.1) is 0 Å². The Morgan fingerprint density at radius 1 is 1.44 bits per heavy atom. The van der Waals surface area contributed by atoms with Crippen molar-refractivity contribution in [3.63, 3.8) is 0 Å². The number of ether oxygens (including phenoxy) is 1. The summed E-state index contributed by atoms with van der Waals surface area (Å²) in [5, 5.41) is 6.97. The number of methoxy groups -OCH3 is 1. The maximum atomic E-state index is 12.7. The van der Waals surface area contributed by atoms with E-state index in [0.29, 0.717) is 25.0 Å². The van der Waals surface area contributed by atoms with Crippen molar-refractivity contribution in [2.45, 2.75) is 32.8 Å². The SMILES string of the molecule is COCc1ccccc1NC(=O)N1CCCC(Cc2noc(C)n2)C1. The zero-order valence-corrected chi connectivity index (χ0v) is 14.7. The Morgan fingerprint density at radius 3 is 3.04 bits per heavy atom. The van der Waals surface area contributed by atoms with Gasteiger partial charge in [0.15, 0.2) is 5.82 Å². The molecule has 1 aromatic carbocycles. The van der Waals surface area contributed by atoms with Gasteiger partial charge in [0.25, 0.3) is 0 Å². The van der Waals surface area contributed by atoms with E-state index in [0.717, 1.165) is 42.9 Å². The van der Waals surface area contributed by atoms with Gasteiger partial charge in [-0.3, -0.25) is 0 Å². The number of para-hydroxylation sites is 1. The van der Waals surface area contributed by atoms with Crippen LogP contribution in [0.4, 0.5) is 10.5 Å². The Labute approximate surface area is 147 Å². The van der Waals surface area contributed by atoms with Gasteiger partial charge in [-0.25, -0.2) is 4.79 Å². The molecule has 0 saturated carbocycles. The Morgan fingerprint density at radius 2 is 2.28 bits per heavy atom. The molecular formula is C18H24N4O3. The van der Waals surface area contributed by atoms with E-state index < -0.39 is 0 Å². The quantitative estimate of drug-likeness (QED) is 0.902. The number of anilines is 1. The van der Waals surface area contributed by atoms with Crippen molar-refractivity contribution in [2.75, 3.05) is 25.5 Å². The Hall–Kier alpha value is -2.41. The maximum absolute atomic E-state index is 12.7. The third kappa shape index (κ3) is 4.57. The number of urea groups is 1. The number of hydrogen-bond acceptors (Lipinski definition) is 5. The lowest BCUT2D eigenvalue weighted by atomic mass is 9.95. The lowest BCUT2D eigenvalue weighted by molar-refractivity contribution is 0.175. The second kappa shape index (κ2) is 8.11. The van der Waals surface area contributed by atoms with Crippen LogP contribution in [0.1, 0.15) is 30.1 Å². The first kappa shape index (κ1) is 17.4. The molecule has 7 nitrogen and oxygen atoms in total. The van der Waals surface area contributed by atoms with Crippen LogP contribution in [-0.2, 0) is 17.8 Å². The summed E-state index contributed by atoms with van der Waals surface area (Å²) in [6.45, 7) is 3.72. The number of aryl methyl sites for hydroxylation is 1. The van der Waals surface area contributed by atoms with Crippen LogP contribution >= 0.6 is 0 Å². The molecule has 1 aliphatic heterocycles. The molecule has 134 valence electrons. The molecule has 1 N–H and O–H groups in total. The van der Waals surface area contributed by atoms with Crippen LogP contribution in [0.2, 0.25) is 0 Å². The molecule has 1 aliphatic rings. The number of nitrogens with zero attached hydrogens (tertiary/aromatic N) is 3. The molecule has 1 unspecified atom stereocenters. The normalized spacial score (nSPS) is 17.5. The first-order chi connectivity index (χ1) is 12.2. The van der Waals surface area contributed by atoms with Gasteiger partial charge in [-0.05, 0) is 24.8 Å². The predicted octanol–water partition coefficient (Wildman–Crippen LogP) is 3.01. The van der Waals surface area contributed by atoms with Crippen molar-refractivity contribution in [3.8, 4) is 0 Å². The minimum atomic E-state index is -0.0717. The minimum Gasteiger partial charge on any atom is -0.380 e. The predicted molar refractivity (Wildman–Crippen MR) is 93.2 cm³/mol. The standard InChI is InChI=1S/C18H24N4O3/c1-13-19-17(21-25-13)10-14-6-5-9-22(11-14)18(23)20-16-8-4-3-7-15(16)12-24-2/h3-4,7-8,14H,5-6,9-12H2,1-2H3,(H,20,23). The second-order valence-corrected chi connectivity index (χ2v) is 6.41. The van der Waals surface area contributed by atoms with Gasteiger partial charge in [0.05, 0.1) is 6.61 Å². The average Bonchev–Trinajstić information content (AvgIpc) is 3.02. The summed E-state index contributed by atoms with van der Waals surface area (Å²) in [6, 6.07) is 7.63. The summed E-state index contributed by atoms with van der Waals surface area (Å²) in [5.74, 6) is 1.65.